The molecule has 1 amide bonds. The summed E-state index contributed by atoms with van der Waals surface area (Å²) < 4.78 is 9.98. The maximum Gasteiger partial charge on any atom is 0.286 e. The summed E-state index contributed by atoms with van der Waals surface area (Å²) in [6.07, 6.45) is 1.70. The van der Waals surface area contributed by atoms with Crippen LogP contribution in [-0.4, -0.2) is 16.2 Å². The van der Waals surface area contributed by atoms with Gasteiger partial charge in [-0.3, -0.25) is 9.42 Å². The number of hydrogen-bond donors (Lipinski definition) is 1. The third kappa shape index (κ3) is 3.34. The average molecular weight is 332 g/mol. The molecule has 0 unspecified atom stereocenters. The number of amidine groups is 1. The summed E-state index contributed by atoms with van der Waals surface area (Å²) in [5.41, 5.74) is 7.11. The number of aromatic nitrogens is 2. The van der Waals surface area contributed by atoms with Crippen LogP contribution in [0.25, 0.3) is 6.08 Å². The Labute approximate surface area is 135 Å². The van der Waals surface area contributed by atoms with Gasteiger partial charge in [-0.05, 0) is 40.4 Å². The number of benzene rings is 1. The van der Waals surface area contributed by atoms with Crippen molar-refractivity contribution in [3.05, 3.63) is 51.3 Å². The van der Waals surface area contributed by atoms with Crippen LogP contribution >= 0.6 is 11.8 Å². The molecule has 2 heterocycles. The Morgan fingerprint density at radius 3 is 2.74 bits per heavy atom. The van der Waals surface area contributed by atoms with Gasteiger partial charge in [0.2, 0.25) is 11.4 Å². The number of aryl methyl sites for hydroxylation is 1. The average Bonchev–Trinajstić information content (AvgIpc) is 3.01. The van der Waals surface area contributed by atoms with Crippen molar-refractivity contribution in [3.63, 3.8) is 0 Å². The zero-order valence-electron chi connectivity index (χ0n) is 12.1. The molecule has 2 N–H and O–H groups in total. The van der Waals surface area contributed by atoms with Crippen molar-refractivity contribution < 1.29 is 19.1 Å². The monoisotopic (exact) mass is 332 g/mol. The minimum atomic E-state index is -0.337. The van der Waals surface area contributed by atoms with E-state index >= 15 is 0 Å². The van der Waals surface area contributed by atoms with Crippen molar-refractivity contribution in [2.24, 2.45) is 10.7 Å². The number of amides is 1. The lowest BCUT2D eigenvalue weighted by molar-refractivity contribution is -0.808. The van der Waals surface area contributed by atoms with Gasteiger partial charge in [0.05, 0.1) is 4.91 Å². The molecule has 2 aromatic rings. The van der Waals surface area contributed by atoms with Crippen LogP contribution in [0.15, 0.2) is 38.8 Å². The fraction of sp³-hybridized carbons (Fsp3) is 0.143. The van der Waals surface area contributed by atoms with Crippen LogP contribution in [0.2, 0.25) is 0 Å². The highest BCUT2D eigenvalue weighted by molar-refractivity contribution is 8.18. The van der Waals surface area contributed by atoms with Gasteiger partial charge in [-0.2, -0.15) is 4.99 Å². The van der Waals surface area contributed by atoms with Crippen molar-refractivity contribution in [2.75, 3.05) is 0 Å². The van der Waals surface area contributed by atoms with Gasteiger partial charge in [-0.25, -0.2) is 0 Å². The van der Waals surface area contributed by atoms with Crippen molar-refractivity contribution in [1.82, 2.24) is 5.16 Å². The third-order valence-corrected chi connectivity index (χ3v) is 3.89. The minimum Gasteiger partial charge on any atom is -0.485 e. The standard InChI is InChI=1S/C14H12N4O4S/c1-8-11(18(20)22-17-8)7-21-10-4-2-9(3-5-10)6-12-13(19)16-14(15)23-12/h2-6H,7H2,1H3,(H2,15,16,19)/b12-6-. The zero-order chi connectivity index (χ0) is 16.4. The maximum atomic E-state index is 11.5. The van der Waals surface area contributed by atoms with Crippen molar-refractivity contribution in [3.8, 4) is 5.75 Å². The first kappa shape index (κ1) is 15.1. The molecule has 0 radical (unpaired) electrons. The van der Waals surface area contributed by atoms with Gasteiger partial charge in [-0.15, -0.1) is 0 Å². The number of thioether (sulfide) groups is 1. The van der Waals surface area contributed by atoms with Gasteiger partial charge in [0.25, 0.3) is 5.91 Å². The molecule has 1 aromatic carbocycles. The van der Waals surface area contributed by atoms with E-state index in [0.717, 1.165) is 17.3 Å². The Hall–Kier alpha value is -2.81. The molecule has 0 spiro atoms. The molecule has 3 rings (SSSR count). The van der Waals surface area contributed by atoms with Gasteiger partial charge < -0.3 is 15.7 Å². The quantitative estimate of drug-likeness (QED) is 0.658. The Morgan fingerprint density at radius 2 is 2.17 bits per heavy atom. The lowest BCUT2D eigenvalue weighted by Gasteiger charge is -2.04. The van der Waals surface area contributed by atoms with Crippen LogP contribution in [-0.2, 0) is 11.4 Å². The minimum absolute atomic E-state index is 0.0536. The lowest BCUT2D eigenvalue weighted by Crippen LogP contribution is -2.29. The largest absolute Gasteiger partial charge is 0.485 e. The molecule has 23 heavy (non-hydrogen) atoms. The van der Waals surface area contributed by atoms with Crippen LogP contribution in [0.4, 0.5) is 0 Å². The summed E-state index contributed by atoms with van der Waals surface area (Å²) in [6, 6.07) is 7.05. The number of rotatable bonds is 4. The Bertz CT molecular complexity index is 791. The molecule has 0 atom stereocenters. The van der Waals surface area contributed by atoms with E-state index in [1.54, 1.807) is 37.3 Å². The van der Waals surface area contributed by atoms with E-state index in [1.807, 2.05) is 0 Å². The number of carbonyl (C=O) groups is 1. The Kier molecular flexibility index (Phi) is 4.02. The molecule has 1 aromatic heterocycles. The highest BCUT2D eigenvalue weighted by Gasteiger charge is 2.19. The lowest BCUT2D eigenvalue weighted by atomic mass is 10.2. The van der Waals surface area contributed by atoms with Gasteiger partial charge in [0, 0.05) is 12.1 Å². The normalized spacial score (nSPS) is 16.0. The molecule has 9 heteroatoms. The molecule has 118 valence electrons. The van der Waals surface area contributed by atoms with E-state index in [2.05, 4.69) is 14.8 Å². The molecule has 0 fully saturated rings. The maximum absolute atomic E-state index is 11.5. The van der Waals surface area contributed by atoms with Crippen LogP contribution in [0.3, 0.4) is 0 Å². The van der Waals surface area contributed by atoms with Gasteiger partial charge in [-0.1, -0.05) is 12.1 Å². The molecule has 0 saturated carbocycles. The first-order chi connectivity index (χ1) is 11.0. The smallest absolute Gasteiger partial charge is 0.286 e. The first-order valence-electron chi connectivity index (χ1n) is 6.59. The predicted molar refractivity (Wildman–Crippen MR) is 83.2 cm³/mol. The summed E-state index contributed by atoms with van der Waals surface area (Å²) in [5.74, 6) is 0.240. The van der Waals surface area contributed by atoms with Crippen LogP contribution in [0.1, 0.15) is 17.0 Å². The fourth-order valence-corrected chi connectivity index (χ4v) is 2.56. The molecule has 0 saturated heterocycles. The molecule has 1 aliphatic heterocycles. The van der Waals surface area contributed by atoms with Crippen molar-refractivity contribution >= 4 is 28.9 Å². The predicted octanol–water partition coefficient (Wildman–Crippen LogP) is 1.12. The van der Waals surface area contributed by atoms with E-state index in [-0.39, 0.29) is 17.7 Å². The number of aliphatic imine (C=N–C) groups is 1. The number of nitrogens with zero attached hydrogens (tertiary/aromatic N) is 3. The summed E-state index contributed by atoms with van der Waals surface area (Å²) in [5, 5.41) is 15.1. The van der Waals surface area contributed by atoms with Crippen molar-refractivity contribution in [1.29, 1.82) is 0 Å². The van der Waals surface area contributed by atoms with E-state index < -0.39 is 0 Å². The van der Waals surface area contributed by atoms with E-state index in [1.165, 1.54) is 0 Å². The topological polar surface area (TPSA) is 118 Å². The third-order valence-electron chi connectivity index (χ3n) is 3.08. The molecular weight excluding hydrogens is 320 g/mol. The van der Waals surface area contributed by atoms with E-state index in [4.69, 9.17) is 10.5 Å². The highest BCUT2D eigenvalue weighted by atomic mass is 32.2. The summed E-state index contributed by atoms with van der Waals surface area (Å²) in [4.78, 5) is 16.0. The first-order valence-corrected chi connectivity index (χ1v) is 7.40. The molecular formula is C14H12N4O4S. The SMILES string of the molecule is Cc1no[n+]([O-])c1COc1ccc(/C=C2\SC(N)=NC2=O)cc1. The number of nitrogens with two attached hydrogens (primary N) is 1. The van der Waals surface area contributed by atoms with E-state index in [9.17, 15) is 10.0 Å². The summed E-state index contributed by atoms with van der Waals surface area (Å²) >= 11 is 1.14. The second kappa shape index (κ2) is 6.13. The van der Waals surface area contributed by atoms with Gasteiger partial charge >= 0.3 is 0 Å². The molecule has 8 nitrogen and oxygen atoms in total. The van der Waals surface area contributed by atoms with Crippen molar-refractivity contribution in [2.45, 2.75) is 13.5 Å². The highest BCUT2D eigenvalue weighted by Crippen LogP contribution is 2.26. The van der Waals surface area contributed by atoms with Crippen LogP contribution < -0.4 is 15.4 Å². The molecule has 1 aliphatic rings. The number of hydrogen-bond acceptors (Lipinski definition) is 7. The second-order valence-electron chi connectivity index (χ2n) is 4.69. The summed E-state index contributed by atoms with van der Waals surface area (Å²) in [6.45, 7) is 1.72. The van der Waals surface area contributed by atoms with Crippen LogP contribution in [0.5, 0.6) is 5.75 Å². The Morgan fingerprint density at radius 1 is 1.43 bits per heavy atom. The number of ether oxygens (including phenoxy) is 1. The van der Waals surface area contributed by atoms with Gasteiger partial charge in [0.1, 0.15) is 5.75 Å². The van der Waals surface area contributed by atoms with Gasteiger partial charge in [0.15, 0.2) is 11.8 Å². The molecule has 0 bridgehead atoms. The Balaban J connectivity index is 1.66. The van der Waals surface area contributed by atoms with E-state index in [0.29, 0.717) is 26.9 Å². The zero-order valence-corrected chi connectivity index (χ0v) is 12.9. The van der Waals surface area contributed by atoms with Crippen LogP contribution in [0, 0.1) is 12.1 Å². The number of carbonyl (C=O) groups excluding carboxylic acids is 1. The molecule has 0 aliphatic carbocycles. The second-order valence-corrected chi connectivity index (χ2v) is 5.75. The summed E-state index contributed by atoms with van der Waals surface area (Å²) in [7, 11) is 0. The fourth-order valence-electron chi connectivity index (χ4n) is 1.88.